The number of nitrogens with one attached hydrogen (secondary N) is 1. The summed E-state index contributed by atoms with van der Waals surface area (Å²) in [6, 6.07) is 7.16. The summed E-state index contributed by atoms with van der Waals surface area (Å²) in [6.07, 6.45) is 3.60. The van der Waals surface area contributed by atoms with Crippen LogP contribution in [-0.2, 0) is 24.5 Å². The van der Waals surface area contributed by atoms with Gasteiger partial charge in [-0.1, -0.05) is 22.8 Å². The molecule has 1 unspecified atom stereocenters. The highest BCUT2D eigenvalue weighted by Gasteiger charge is 2.51. The van der Waals surface area contributed by atoms with E-state index in [1.165, 1.54) is 6.20 Å². The molecule has 1 aromatic carbocycles. The van der Waals surface area contributed by atoms with Crippen LogP contribution in [0.15, 0.2) is 47.2 Å². The molecule has 1 saturated heterocycles. The Labute approximate surface area is 183 Å². The van der Waals surface area contributed by atoms with Gasteiger partial charge in [0.2, 0.25) is 14.5 Å². The van der Waals surface area contributed by atoms with Crippen molar-refractivity contribution in [3.05, 3.63) is 54.0 Å². The molecule has 0 amide bonds. The van der Waals surface area contributed by atoms with E-state index in [2.05, 4.69) is 25.2 Å². The molecular weight excluding hydrogens is 466 g/mol. The second-order valence-corrected chi connectivity index (χ2v) is 10.8. The summed E-state index contributed by atoms with van der Waals surface area (Å²) in [6.45, 7) is 3.29. The highest BCUT2D eigenvalue weighted by molar-refractivity contribution is 7.92. The zero-order valence-corrected chi connectivity index (χ0v) is 18.3. The van der Waals surface area contributed by atoms with Gasteiger partial charge in [0.1, 0.15) is 4.86 Å². The molecule has 13 heteroatoms. The lowest BCUT2D eigenvalue weighted by atomic mass is 10.1. The summed E-state index contributed by atoms with van der Waals surface area (Å²) < 4.78 is 53.8. The zero-order valence-electron chi connectivity index (χ0n) is 15.9. The van der Waals surface area contributed by atoms with Crippen LogP contribution in [0.1, 0.15) is 11.4 Å². The Morgan fingerprint density at radius 2 is 1.94 bits per heavy atom. The average molecular weight is 482 g/mol. The largest absolute Gasteiger partial charge is 0.368 e. The van der Waals surface area contributed by atoms with E-state index in [0.717, 1.165) is 53.4 Å². The minimum Gasteiger partial charge on any atom is -0.368 e. The first-order chi connectivity index (χ1) is 14.8. The molecule has 0 spiro atoms. The number of nitrogens with zero attached hydrogens (tertiary/aromatic N) is 4. The number of hydrogen-bond acceptors (Lipinski definition) is 9. The summed E-state index contributed by atoms with van der Waals surface area (Å²) in [5.74, 6) is 0. The van der Waals surface area contributed by atoms with Crippen LogP contribution in [0.5, 0.6) is 0 Å². The first-order valence-electron chi connectivity index (χ1n) is 9.33. The molecule has 3 heterocycles. The first-order valence-corrected chi connectivity index (χ1v) is 12.2. The van der Waals surface area contributed by atoms with Gasteiger partial charge in [0.05, 0.1) is 5.52 Å². The van der Waals surface area contributed by atoms with Gasteiger partial charge in [-0.25, -0.2) is 17.0 Å². The summed E-state index contributed by atoms with van der Waals surface area (Å²) in [7, 11) is -7.01. The topological polar surface area (TPSA) is 127 Å². The van der Waals surface area contributed by atoms with Crippen molar-refractivity contribution in [2.45, 2.75) is 4.21 Å². The van der Waals surface area contributed by atoms with Crippen LogP contribution in [0.2, 0.25) is 0 Å². The maximum atomic E-state index is 13.7. The van der Waals surface area contributed by atoms with Crippen molar-refractivity contribution in [3.63, 3.8) is 0 Å². The number of fused-ring (bicyclic) bond motifs is 2. The molecule has 2 aromatic heterocycles. The van der Waals surface area contributed by atoms with E-state index in [4.69, 9.17) is 11.6 Å². The van der Waals surface area contributed by atoms with Gasteiger partial charge in [-0.05, 0) is 35.5 Å². The maximum absolute atomic E-state index is 13.7. The lowest BCUT2D eigenvalue weighted by molar-refractivity contribution is 0.302. The number of alkyl halides is 1. The third-order valence-electron chi connectivity index (χ3n) is 5.44. The number of allylic oxidation sites excluding steroid dienone is 1. The minimum absolute atomic E-state index is 0.229. The number of anilines is 1. The normalized spacial score (nSPS) is 21.5. The van der Waals surface area contributed by atoms with Crippen molar-refractivity contribution in [1.82, 2.24) is 19.6 Å². The predicted octanol–water partition coefficient (Wildman–Crippen LogP) is 0.673. The van der Waals surface area contributed by atoms with Crippen LogP contribution >= 0.6 is 11.6 Å². The predicted molar refractivity (Wildman–Crippen MR) is 115 cm³/mol. The molecule has 0 bridgehead atoms. The van der Waals surface area contributed by atoms with Crippen LogP contribution < -0.4 is 10.2 Å². The Balaban J connectivity index is 1.68. The lowest BCUT2D eigenvalue weighted by Gasteiger charge is -2.30. The highest BCUT2D eigenvalue weighted by Crippen LogP contribution is 2.42. The minimum atomic E-state index is -4.34. The van der Waals surface area contributed by atoms with E-state index >= 15 is 0 Å². The van der Waals surface area contributed by atoms with E-state index < -0.39 is 24.5 Å². The van der Waals surface area contributed by atoms with Crippen molar-refractivity contribution in [3.8, 4) is 0 Å². The van der Waals surface area contributed by atoms with Gasteiger partial charge in [0.15, 0.2) is 11.4 Å². The quantitative estimate of drug-likeness (QED) is 0.424. The van der Waals surface area contributed by atoms with Crippen LogP contribution in [0.3, 0.4) is 0 Å². The molecule has 1 aliphatic carbocycles. The third-order valence-corrected chi connectivity index (χ3v) is 8.93. The van der Waals surface area contributed by atoms with Crippen LogP contribution in [0, 0.1) is 0 Å². The molecule has 10 nitrogen and oxygen atoms in total. The number of halogens is 1. The van der Waals surface area contributed by atoms with Crippen LogP contribution in [0.4, 0.5) is 5.69 Å². The molecule has 3 aromatic rings. The third kappa shape index (κ3) is 2.93. The number of aromatic nitrogens is 3. The Morgan fingerprint density at radius 1 is 1.16 bits per heavy atom. The average Bonchev–Trinajstić information content (AvgIpc) is 3.42. The molecule has 1 N–H and O–H groups in total. The number of benzene rings is 1. The second-order valence-electron chi connectivity index (χ2n) is 7.10. The van der Waals surface area contributed by atoms with Crippen molar-refractivity contribution in [2.24, 2.45) is 0 Å². The maximum Gasteiger partial charge on any atom is 0.268 e. The van der Waals surface area contributed by atoms with Crippen molar-refractivity contribution < 1.29 is 21.5 Å². The standard InChI is InChI=1S/C18H16ClN5O5S2/c19-18(6-4-15(30(25)26)16-17(18)22-29-21-16)31(27,28)24-9-5-12-13(2-1-3-14(12)24)23-10-7-20-8-11-23/h1-6,9,20H,7-8,10-11H2. The fourth-order valence-electron chi connectivity index (χ4n) is 3.92. The fourth-order valence-corrected chi connectivity index (χ4v) is 6.34. The molecule has 31 heavy (non-hydrogen) atoms. The van der Waals surface area contributed by atoms with E-state index in [9.17, 15) is 16.8 Å². The second kappa shape index (κ2) is 7.19. The molecule has 162 valence electrons. The molecule has 5 rings (SSSR count). The zero-order chi connectivity index (χ0) is 21.8. The Bertz CT molecular complexity index is 1460. The summed E-state index contributed by atoms with van der Waals surface area (Å²) in [5, 5.41) is 11.2. The Morgan fingerprint density at radius 3 is 2.68 bits per heavy atom. The molecule has 1 aliphatic heterocycles. The first kappa shape index (κ1) is 20.2. The van der Waals surface area contributed by atoms with Gasteiger partial charge in [0, 0.05) is 43.4 Å². The molecule has 1 fully saturated rings. The lowest BCUT2D eigenvalue weighted by Crippen LogP contribution is -2.43. The van der Waals surface area contributed by atoms with Crippen LogP contribution in [0.25, 0.3) is 10.9 Å². The van der Waals surface area contributed by atoms with Gasteiger partial charge in [0.25, 0.3) is 10.0 Å². The SMILES string of the molecule is O=S(=O)=C1C=CC(Cl)(S(=O)(=O)n2ccc3c(N4CCNCC4)cccc32)c2nonc21. The molecule has 0 saturated carbocycles. The monoisotopic (exact) mass is 481 g/mol. The van der Waals surface area contributed by atoms with Crippen LogP contribution in [-0.4, -0.2) is 62.2 Å². The van der Waals surface area contributed by atoms with E-state index in [-0.39, 0.29) is 16.3 Å². The van der Waals surface area contributed by atoms with E-state index in [0.29, 0.717) is 5.52 Å². The van der Waals surface area contributed by atoms with Crippen molar-refractivity contribution in [1.29, 1.82) is 0 Å². The van der Waals surface area contributed by atoms with Crippen molar-refractivity contribution in [2.75, 3.05) is 31.1 Å². The summed E-state index contributed by atoms with van der Waals surface area (Å²) in [5.41, 5.74) is 0.852. The number of piperazine rings is 1. The van der Waals surface area contributed by atoms with E-state index in [1.807, 2.05) is 6.07 Å². The summed E-state index contributed by atoms with van der Waals surface area (Å²) >= 11 is 6.60. The fraction of sp³-hybridized carbons (Fsp3) is 0.278. The van der Waals surface area contributed by atoms with Gasteiger partial charge in [-0.3, -0.25) is 0 Å². The highest BCUT2D eigenvalue weighted by atomic mass is 35.5. The Kier molecular flexibility index (Phi) is 4.70. The Hall–Kier alpha value is -2.67. The van der Waals surface area contributed by atoms with Gasteiger partial charge in [-0.15, -0.1) is 0 Å². The van der Waals surface area contributed by atoms with Gasteiger partial charge >= 0.3 is 0 Å². The van der Waals surface area contributed by atoms with Gasteiger partial charge in [-0.2, -0.15) is 8.42 Å². The molecule has 1 atom stereocenters. The number of rotatable bonds is 3. The van der Waals surface area contributed by atoms with E-state index in [1.54, 1.807) is 18.2 Å². The smallest absolute Gasteiger partial charge is 0.268 e. The van der Waals surface area contributed by atoms with Crippen molar-refractivity contribution >= 4 is 53.4 Å². The summed E-state index contributed by atoms with van der Waals surface area (Å²) in [4.78, 5) is 1.94. The van der Waals surface area contributed by atoms with Gasteiger partial charge < -0.3 is 10.2 Å². The molecule has 0 radical (unpaired) electrons. The number of hydrogen-bond donors (Lipinski definition) is 1. The molecular formula is C18H16ClN5O5S2. The molecule has 2 aliphatic rings.